The second-order valence-corrected chi connectivity index (χ2v) is 4.74. The first-order valence-electron chi connectivity index (χ1n) is 5.20. The molecule has 0 saturated carbocycles. The maximum absolute atomic E-state index is 11.9. The summed E-state index contributed by atoms with van der Waals surface area (Å²) in [5.41, 5.74) is 1.53. The van der Waals surface area contributed by atoms with Crippen molar-refractivity contribution < 1.29 is 9.46 Å². The van der Waals surface area contributed by atoms with E-state index in [4.69, 9.17) is 23.2 Å². The summed E-state index contributed by atoms with van der Waals surface area (Å²) in [5.74, 6) is 0. The minimum atomic E-state index is 0.220. The van der Waals surface area contributed by atoms with Gasteiger partial charge in [-0.2, -0.15) is 9.46 Å². The van der Waals surface area contributed by atoms with Crippen LogP contribution < -0.4 is 9.46 Å². The third-order valence-electron chi connectivity index (χ3n) is 2.80. The molecule has 0 aromatic carbocycles. The molecule has 0 aliphatic rings. The van der Waals surface area contributed by atoms with Gasteiger partial charge in [-0.05, 0) is 13.8 Å². The molecule has 0 aliphatic carbocycles. The van der Waals surface area contributed by atoms with Crippen LogP contribution in [0.1, 0.15) is 11.1 Å². The maximum atomic E-state index is 11.9. The Morgan fingerprint density at radius 1 is 0.833 bits per heavy atom. The van der Waals surface area contributed by atoms with Crippen molar-refractivity contribution in [3.8, 4) is 11.4 Å². The van der Waals surface area contributed by atoms with Gasteiger partial charge in [0.1, 0.15) is 0 Å². The summed E-state index contributed by atoms with van der Waals surface area (Å²) in [6, 6.07) is 2.98. The monoisotopic (exact) mass is 284 g/mol. The Bertz CT molecular complexity index is 574. The summed E-state index contributed by atoms with van der Waals surface area (Å²) in [4.78, 5) is 0. The summed E-state index contributed by atoms with van der Waals surface area (Å²) >= 11 is 12.0. The Morgan fingerprint density at radius 2 is 1.17 bits per heavy atom. The van der Waals surface area contributed by atoms with Gasteiger partial charge in [-0.25, -0.2) is 0 Å². The highest BCUT2D eigenvalue weighted by Gasteiger charge is 2.26. The zero-order valence-electron chi connectivity index (χ0n) is 9.78. The highest BCUT2D eigenvalue weighted by Crippen LogP contribution is 2.27. The maximum Gasteiger partial charge on any atom is 0.294 e. The van der Waals surface area contributed by atoms with Crippen molar-refractivity contribution in [2.45, 2.75) is 13.8 Å². The zero-order valence-corrected chi connectivity index (χ0v) is 11.3. The van der Waals surface area contributed by atoms with E-state index in [-0.39, 0.29) is 11.4 Å². The Morgan fingerprint density at radius 3 is 1.50 bits per heavy atom. The molecule has 0 aliphatic heterocycles. The Labute approximate surface area is 114 Å². The van der Waals surface area contributed by atoms with Crippen molar-refractivity contribution in [1.29, 1.82) is 0 Å². The first-order valence-corrected chi connectivity index (χ1v) is 5.96. The molecule has 94 valence electrons. The number of hydrogen-bond donors (Lipinski definition) is 0. The molecule has 2 aromatic rings. The number of hydrogen-bond acceptors (Lipinski definition) is 2. The summed E-state index contributed by atoms with van der Waals surface area (Å²) in [6.07, 6.45) is 2.54. The predicted octanol–water partition coefficient (Wildman–Crippen LogP) is 2.54. The van der Waals surface area contributed by atoms with Gasteiger partial charge < -0.3 is 10.4 Å². The van der Waals surface area contributed by atoms with E-state index in [0.717, 1.165) is 0 Å². The highest BCUT2D eigenvalue weighted by molar-refractivity contribution is 6.32. The van der Waals surface area contributed by atoms with E-state index < -0.39 is 0 Å². The van der Waals surface area contributed by atoms with Gasteiger partial charge in [-0.3, -0.25) is 0 Å². The Hall–Kier alpha value is -1.52. The van der Waals surface area contributed by atoms with Crippen molar-refractivity contribution in [1.82, 2.24) is 0 Å². The van der Waals surface area contributed by atoms with Gasteiger partial charge in [0.15, 0.2) is 12.4 Å². The molecular formula is C12H10Cl2N2O2. The molecule has 4 nitrogen and oxygen atoms in total. The molecular weight excluding hydrogens is 275 g/mol. The number of rotatable bonds is 1. The largest absolute Gasteiger partial charge is 0.618 e. The van der Waals surface area contributed by atoms with Gasteiger partial charge in [0.2, 0.25) is 0 Å². The number of pyridine rings is 2. The average molecular weight is 285 g/mol. The van der Waals surface area contributed by atoms with E-state index in [1.807, 2.05) is 0 Å². The molecule has 2 heterocycles. The van der Waals surface area contributed by atoms with Crippen molar-refractivity contribution in [2.75, 3.05) is 0 Å². The molecule has 18 heavy (non-hydrogen) atoms. The van der Waals surface area contributed by atoms with Crippen LogP contribution in [0.4, 0.5) is 0 Å². The van der Waals surface area contributed by atoms with Crippen LogP contribution in [-0.4, -0.2) is 0 Å². The van der Waals surface area contributed by atoms with Crippen molar-refractivity contribution in [3.05, 3.63) is 56.1 Å². The lowest BCUT2D eigenvalue weighted by molar-refractivity contribution is -0.626. The average Bonchev–Trinajstić information content (AvgIpc) is 2.33. The van der Waals surface area contributed by atoms with Crippen LogP contribution in [-0.2, 0) is 0 Å². The van der Waals surface area contributed by atoms with Crippen molar-refractivity contribution >= 4 is 23.2 Å². The van der Waals surface area contributed by atoms with Crippen LogP contribution in [0.2, 0.25) is 10.0 Å². The number of aromatic nitrogens is 2. The molecule has 2 rings (SSSR count). The topological polar surface area (TPSA) is 53.9 Å². The molecule has 6 heteroatoms. The van der Waals surface area contributed by atoms with Crippen LogP contribution >= 0.6 is 23.2 Å². The van der Waals surface area contributed by atoms with Crippen LogP contribution in [0.3, 0.4) is 0 Å². The van der Waals surface area contributed by atoms with E-state index in [1.165, 1.54) is 24.5 Å². The molecule has 0 saturated heterocycles. The van der Waals surface area contributed by atoms with E-state index in [0.29, 0.717) is 30.6 Å². The fourth-order valence-electron chi connectivity index (χ4n) is 1.79. The summed E-state index contributed by atoms with van der Waals surface area (Å²) in [5, 5.41) is 24.6. The van der Waals surface area contributed by atoms with Crippen molar-refractivity contribution in [3.63, 3.8) is 0 Å². The summed E-state index contributed by atoms with van der Waals surface area (Å²) < 4.78 is 1.24. The van der Waals surface area contributed by atoms with Gasteiger partial charge in [0.05, 0.1) is 10.0 Å². The smallest absolute Gasteiger partial charge is 0.294 e. The number of nitrogens with zero attached hydrogens (tertiary/aromatic N) is 2. The molecule has 0 unspecified atom stereocenters. The van der Waals surface area contributed by atoms with Gasteiger partial charge in [0.25, 0.3) is 11.4 Å². The fraction of sp³-hybridized carbons (Fsp3) is 0.167. The zero-order chi connectivity index (χ0) is 13.4. The lowest BCUT2D eigenvalue weighted by Gasteiger charge is -2.11. The molecule has 0 radical (unpaired) electrons. The minimum absolute atomic E-state index is 0.220. The fourth-order valence-corrected chi connectivity index (χ4v) is 2.08. The van der Waals surface area contributed by atoms with Crippen molar-refractivity contribution in [2.24, 2.45) is 0 Å². The lowest BCUT2D eigenvalue weighted by Crippen LogP contribution is -2.38. The lowest BCUT2D eigenvalue weighted by atomic mass is 10.1. The summed E-state index contributed by atoms with van der Waals surface area (Å²) in [6.45, 7) is 3.37. The van der Waals surface area contributed by atoms with Gasteiger partial charge in [-0.1, -0.05) is 23.2 Å². The quantitative estimate of drug-likeness (QED) is 0.597. The standard InChI is InChI=1S/C12H10Cl2N2O2/c1-7-9(13)3-5-15(17)11(7)12-8(2)10(14)4-6-16(12)18/h3-6H,1-2H3. The number of halogens is 2. The molecule has 0 amide bonds. The normalized spacial score (nSPS) is 10.7. The summed E-state index contributed by atoms with van der Waals surface area (Å²) in [7, 11) is 0. The van der Waals surface area contributed by atoms with Gasteiger partial charge in [0, 0.05) is 23.3 Å². The predicted molar refractivity (Wildman–Crippen MR) is 69.3 cm³/mol. The van der Waals surface area contributed by atoms with E-state index in [2.05, 4.69) is 0 Å². The second kappa shape index (κ2) is 4.63. The molecule has 0 bridgehead atoms. The van der Waals surface area contributed by atoms with Gasteiger partial charge in [-0.15, -0.1) is 0 Å². The van der Waals surface area contributed by atoms with E-state index >= 15 is 0 Å². The van der Waals surface area contributed by atoms with Crippen LogP contribution in [0.15, 0.2) is 24.5 Å². The Balaban J connectivity index is 2.85. The molecule has 0 N–H and O–H groups in total. The minimum Gasteiger partial charge on any atom is -0.618 e. The highest BCUT2D eigenvalue weighted by atomic mass is 35.5. The molecule has 0 atom stereocenters. The molecule has 0 fully saturated rings. The third-order valence-corrected chi connectivity index (χ3v) is 3.62. The third kappa shape index (κ3) is 1.98. The SMILES string of the molecule is Cc1c(Cl)cc[n+]([O-])c1-c1c(C)c(Cl)cc[n+]1[O-]. The van der Waals surface area contributed by atoms with E-state index in [1.54, 1.807) is 13.8 Å². The second-order valence-electron chi connectivity index (χ2n) is 3.93. The molecule has 0 spiro atoms. The van der Waals surface area contributed by atoms with E-state index in [9.17, 15) is 10.4 Å². The first kappa shape index (κ1) is 12.9. The van der Waals surface area contributed by atoms with Crippen LogP contribution in [0.5, 0.6) is 0 Å². The first-order chi connectivity index (χ1) is 8.43. The van der Waals surface area contributed by atoms with Gasteiger partial charge >= 0.3 is 0 Å². The molecule has 2 aromatic heterocycles. The Kier molecular flexibility index (Phi) is 3.32. The van der Waals surface area contributed by atoms with Crippen LogP contribution in [0, 0.1) is 24.3 Å². The van der Waals surface area contributed by atoms with Crippen LogP contribution in [0.25, 0.3) is 11.4 Å².